The lowest BCUT2D eigenvalue weighted by atomic mass is 10.0. The zero-order valence-electron chi connectivity index (χ0n) is 9.81. The first kappa shape index (κ1) is 11.4. The first-order valence-electron chi connectivity index (χ1n) is 5.25. The molecule has 0 saturated carbocycles. The second kappa shape index (κ2) is 4.04. The molecule has 90 valence electrons. The smallest absolute Gasteiger partial charge is 0.341 e. The van der Waals surface area contributed by atoms with Gasteiger partial charge in [0.15, 0.2) is 5.76 Å². The number of aromatic nitrogens is 3. The van der Waals surface area contributed by atoms with Crippen LogP contribution in [-0.2, 0) is 0 Å². The standard InChI is InChI=1S/C11H13N3O3/c1-5(2)10-7(11(15)16)9(14-17-10)8-6(3)12-4-13-8/h4-5H,1-3H3,(H,12,13)(H,15,16). The van der Waals surface area contributed by atoms with Crippen LogP contribution in [0.15, 0.2) is 10.9 Å². The largest absolute Gasteiger partial charge is 0.477 e. The number of hydrogen-bond donors (Lipinski definition) is 2. The molecule has 0 amide bonds. The highest BCUT2D eigenvalue weighted by molar-refractivity contribution is 5.95. The molecule has 2 N–H and O–H groups in total. The highest BCUT2D eigenvalue weighted by atomic mass is 16.5. The Hall–Kier alpha value is -2.11. The molecule has 2 aromatic rings. The summed E-state index contributed by atoms with van der Waals surface area (Å²) in [6.07, 6.45) is 1.50. The predicted molar refractivity (Wildman–Crippen MR) is 59.9 cm³/mol. The van der Waals surface area contributed by atoms with Crippen molar-refractivity contribution in [3.63, 3.8) is 0 Å². The quantitative estimate of drug-likeness (QED) is 0.850. The summed E-state index contributed by atoms with van der Waals surface area (Å²) in [4.78, 5) is 18.2. The molecule has 0 aliphatic rings. The van der Waals surface area contributed by atoms with Gasteiger partial charge in [-0.05, 0) is 6.92 Å². The van der Waals surface area contributed by atoms with Gasteiger partial charge in [0, 0.05) is 11.6 Å². The second-order valence-electron chi connectivity index (χ2n) is 4.11. The Kier molecular flexibility index (Phi) is 2.71. The summed E-state index contributed by atoms with van der Waals surface area (Å²) < 4.78 is 5.11. The molecule has 6 heteroatoms. The molecule has 17 heavy (non-hydrogen) atoms. The molecular weight excluding hydrogens is 222 g/mol. The van der Waals surface area contributed by atoms with Crippen molar-refractivity contribution in [3.05, 3.63) is 23.3 Å². The van der Waals surface area contributed by atoms with Crippen LogP contribution in [0.3, 0.4) is 0 Å². The lowest BCUT2D eigenvalue weighted by Gasteiger charge is -2.00. The fourth-order valence-corrected chi connectivity index (χ4v) is 1.66. The monoisotopic (exact) mass is 235 g/mol. The molecule has 6 nitrogen and oxygen atoms in total. The van der Waals surface area contributed by atoms with E-state index >= 15 is 0 Å². The van der Waals surface area contributed by atoms with Crippen molar-refractivity contribution < 1.29 is 14.4 Å². The van der Waals surface area contributed by atoms with Gasteiger partial charge in [0.1, 0.15) is 17.0 Å². The third kappa shape index (κ3) is 1.82. The average molecular weight is 235 g/mol. The molecule has 2 aromatic heterocycles. The van der Waals surface area contributed by atoms with E-state index < -0.39 is 5.97 Å². The van der Waals surface area contributed by atoms with Gasteiger partial charge in [0.2, 0.25) is 0 Å². The van der Waals surface area contributed by atoms with E-state index in [1.165, 1.54) is 6.33 Å². The Morgan fingerprint density at radius 2 is 2.18 bits per heavy atom. The van der Waals surface area contributed by atoms with Gasteiger partial charge in [-0.15, -0.1) is 0 Å². The highest BCUT2D eigenvalue weighted by Gasteiger charge is 2.27. The van der Waals surface area contributed by atoms with Crippen LogP contribution in [0, 0.1) is 6.92 Å². The van der Waals surface area contributed by atoms with E-state index in [4.69, 9.17) is 4.52 Å². The van der Waals surface area contributed by atoms with Crippen LogP contribution in [0.2, 0.25) is 0 Å². The number of aromatic carboxylic acids is 1. The molecule has 0 bridgehead atoms. The van der Waals surface area contributed by atoms with E-state index in [0.717, 1.165) is 5.69 Å². The summed E-state index contributed by atoms with van der Waals surface area (Å²) in [5.74, 6) is -0.719. The van der Waals surface area contributed by atoms with E-state index in [2.05, 4.69) is 15.1 Å². The molecule has 0 aliphatic carbocycles. The summed E-state index contributed by atoms with van der Waals surface area (Å²) >= 11 is 0. The second-order valence-corrected chi connectivity index (χ2v) is 4.11. The van der Waals surface area contributed by atoms with Gasteiger partial charge in [0.25, 0.3) is 0 Å². The van der Waals surface area contributed by atoms with Crippen LogP contribution in [0.1, 0.15) is 41.6 Å². The van der Waals surface area contributed by atoms with Crippen molar-refractivity contribution in [1.29, 1.82) is 0 Å². The molecule has 0 spiro atoms. The van der Waals surface area contributed by atoms with Crippen LogP contribution in [0.25, 0.3) is 11.4 Å². The number of carbonyl (C=O) groups is 1. The highest BCUT2D eigenvalue weighted by Crippen LogP contribution is 2.29. The van der Waals surface area contributed by atoms with Crippen LogP contribution < -0.4 is 0 Å². The van der Waals surface area contributed by atoms with Crippen molar-refractivity contribution in [3.8, 4) is 11.4 Å². The minimum absolute atomic E-state index is 0.0402. The van der Waals surface area contributed by atoms with E-state index in [0.29, 0.717) is 11.5 Å². The Balaban J connectivity index is 2.64. The number of aromatic amines is 1. The maximum absolute atomic E-state index is 11.3. The Morgan fingerprint density at radius 3 is 2.65 bits per heavy atom. The number of carboxylic acid groups (broad SMARTS) is 1. The molecule has 0 aliphatic heterocycles. The predicted octanol–water partition coefficient (Wildman–Crippen LogP) is 2.19. The van der Waals surface area contributed by atoms with Gasteiger partial charge >= 0.3 is 5.97 Å². The number of imidazole rings is 1. The zero-order chi connectivity index (χ0) is 12.6. The number of nitrogens with zero attached hydrogens (tertiary/aromatic N) is 2. The van der Waals surface area contributed by atoms with E-state index in [1.807, 2.05) is 13.8 Å². The number of carboxylic acids is 1. The summed E-state index contributed by atoms with van der Waals surface area (Å²) in [7, 11) is 0. The topological polar surface area (TPSA) is 92.0 Å². The van der Waals surface area contributed by atoms with Crippen molar-refractivity contribution in [2.24, 2.45) is 0 Å². The van der Waals surface area contributed by atoms with Crippen molar-refractivity contribution in [2.75, 3.05) is 0 Å². The fraction of sp³-hybridized carbons (Fsp3) is 0.364. The Bertz CT molecular complexity index is 554. The van der Waals surface area contributed by atoms with Gasteiger partial charge in [0.05, 0.1) is 6.33 Å². The normalized spacial score (nSPS) is 11.1. The summed E-state index contributed by atoms with van der Waals surface area (Å²) in [5.41, 5.74) is 1.64. The van der Waals surface area contributed by atoms with Gasteiger partial charge in [-0.25, -0.2) is 9.78 Å². The zero-order valence-corrected chi connectivity index (χ0v) is 9.81. The average Bonchev–Trinajstić information content (AvgIpc) is 2.82. The maximum atomic E-state index is 11.3. The first-order valence-corrected chi connectivity index (χ1v) is 5.25. The molecule has 2 rings (SSSR count). The number of nitrogens with one attached hydrogen (secondary N) is 1. The van der Waals surface area contributed by atoms with Gasteiger partial charge in [-0.2, -0.15) is 0 Å². The minimum Gasteiger partial charge on any atom is -0.477 e. The first-order chi connectivity index (χ1) is 8.02. The summed E-state index contributed by atoms with van der Waals surface area (Å²) in [6.45, 7) is 5.51. The third-order valence-corrected chi connectivity index (χ3v) is 2.51. The number of H-pyrrole nitrogens is 1. The molecule has 0 atom stereocenters. The van der Waals surface area contributed by atoms with Crippen molar-refractivity contribution >= 4 is 5.97 Å². The van der Waals surface area contributed by atoms with Crippen LogP contribution in [0.5, 0.6) is 0 Å². The third-order valence-electron chi connectivity index (χ3n) is 2.51. The van der Waals surface area contributed by atoms with Gasteiger partial charge in [-0.1, -0.05) is 19.0 Å². The van der Waals surface area contributed by atoms with Gasteiger partial charge < -0.3 is 14.6 Å². The number of aryl methyl sites for hydroxylation is 1. The Morgan fingerprint density at radius 1 is 1.47 bits per heavy atom. The van der Waals surface area contributed by atoms with Crippen LogP contribution in [-0.4, -0.2) is 26.2 Å². The fourth-order valence-electron chi connectivity index (χ4n) is 1.66. The molecule has 0 aromatic carbocycles. The van der Waals surface area contributed by atoms with E-state index in [1.54, 1.807) is 6.92 Å². The van der Waals surface area contributed by atoms with Crippen LogP contribution in [0.4, 0.5) is 0 Å². The van der Waals surface area contributed by atoms with E-state index in [-0.39, 0.29) is 17.2 Å². The molecule has 0 radical (unpaired) electrons. The van der Waals surface area contributed by atoms with Crippen LogP contribution >= 0.6 is 0 Å². The number of rotatable bonds is 3. The molecule has 0 unspecified atom stereocenters. The molecular formula is C11H13N3O3. The SMILES string of the molecule is Cc1[nH]cnc1-c1noc(C(C)C)c1C(=O)O. The maximum Gasteiger partial charge on any atom is 0.341 e. The van der Waals surface area contributed by atoms with Gasteiger partial charge in [-0.3, -0.25) is 0 Å². The lowest BCUT2D eigenvalue weighted by Crippen LogP contribution is -2.03. The molecule has 0 saturated heterocycles. The van der Waals surface area contributed by atoms with E-state index in [9.17, 15) is 9.90 Å². The molecule has 0 fully saturated rings. The summed E-state index contributed by atoms with van der Waals surface area (Å²) in [5, 5.41) is 13.1. The Labute approximate surface area is 97.7 Å². The van der Waals surface area contributed by atoms with Crippen molar-refractivity contribution in [1.82, 2.24) is 15.1 Å². The minimum atomic E-state index is -1.05. The van der Waals surface area contributed by atoms with Crippen molar-refractivity contribution in [2.45, 2.75) is 26.7 Å². The number of hydrogen-bond acceptors (Lipinski definition) is 4. The lowest BCUT2D eigenvalue weighted by molar-refractivity contribution is 0.0694. The summed E-state index contributed by atoms with van der Waals surface area (Å²) in [6, 6.07) is 0. The molecule has 2 heterocycles.